The first-order valence-electron chi connectivity index (χ1n) is 8.69. The van der Waals surface area contributed by atoms with Gasteiger partial charge in [0.1, 0.15) is 0 Å². The van der Waals surface area contributed by atoms with Gasteiger partial charge in [-0.3, -0.25) is 10.1 Å². The molecule has 140 valence electrons. The van der Waals surface area contributed by atoms with Crippen molar-refractivity contribution in [2.75, 3.05) is 14.2 Å². The number of benzene rings is 2. The highest BCUT2D eigenvalue weighted by Crippen LogP contribution is 2.34. The molecule has 0 aliphatic heterocycles. The topological polar surface area (TPSA) is 66.0 Å². The Balaban J connectivity index is 1.80. The lowest BCUT2D eigenvalue weighted by molar-refractivity contribution is -0.384. The number of aromatic nitrogens is 1. The molecule has 0 aliphatic rings. The maximum atomic E-state index is 10.9. The van der Waals surface area contributed by atoms with Gasteiger partial charge in [0.25, 0.3) is 5.69 Å². The van der Waals surface area contributed by atoms with E-state index >= 15 is 0 Å². The molecule has 0 amide bonds. The number of pyridine rings is 1. The van der Waals surface area contributed by atoms with Gasteiger partial charge in [0.15, 0.2) is 11.5 Å². The first-order valence-corrected chi connectivity index (χ1v) is 8.69. The Kier molecular flexibility index (Phi) is 4.45. The van der Waals surface area contributed by atoms with E-state index in [4.69, 9.17) is 9.47 Å². The molecule has 0 saturated carbocycles. The monoisotopic (exact) mass is 374 g/mol. The molecule has 0 aliphatic carbocycles. The minimum Gasteiger partial charge on any atom is -0.493 e. The van der Waals surface area contributed by atoms with Crippen LogP contribution in [0.15, 0.2) is 72.9 Å². The van der Waals surface area contributed by atoms with Crippen LogP contribution in [0.25, 0.3) is 27.9 Å². The number of non-ortho nitro benzene ring substituents is 1. The molecular formula is C22H18N2O4. The van der Waals surface area contributed by atoms with Crippen LogP contribution in [0.5, 0.6) is 11.5 Å². The molecule has 2 aromatic carbocycles. The first-order chi connectivity index (χ1) is 13.6. The van der Waals surface area contributed by atoms with Gasteiger partial charge in [-0.25, -0.2) is 0 Å². The van der Waals surface area contributed by atoms with E-state index in [1.807, 2.05) is 42.6 Å². The third kappa shape index (κ3) is 3.05. The molecule has 0 radical (unpaired) electrons. The Bertz CT molecular complexity index is 1160. The van der Waals surface area contributed by atoms with E-state index in [0.717, 1.165) is 27.9 Å². The maximum Gasteiger partial charge on any atom is 0.269 e. The zero-order chi connectivity index (χ0) is 19.7. The van der Waals surface area contributed by atoms with Gasteiger partial charge in [0, 0.05) is 29.4 Å². The molecule has 0 N–H and O–H groups in total. The number of hydrogen-bond acceptors (Lipinski definition) is 4. The minimum atomic E-state index is -0.394. The van der Waals surface area contributed by atoms with Crippen LogP contribution in [0.4, 0.5) is 5.69 Å². The van der Waals surface area contributed by atoms with Crippen molar-refractivity contribution in [3.8, 4) is 33.9 Å². The summed E-state index contributed by atoms with van der Waals surface area (Å²) in [4.78, 5) is 10.5. The molecule has 6 nitrogen and oxygen atoms in total. The number of methoxy groups -OCH3 is 2. The number of nitro groups is 1. The summed E-state index contributed by atoms with van der Waals surface area (Å²) in [6.45, 7) is 0. The van der Waals surface area contributed by atoms with Crippen LogP contribution in [0.2, 0.25) is 0 Å². The predicted octanol–water partition coefficient (Wildman–Crippen LogP) is 5.20. The summed E-state index contributed by atoms with van der Waals surface area (Å²) < 4.78 is 12.8. The second-order valence-corrected chi connectivity index (χ2v) is 6.31. The Morgan fingerprint density at radius 3 is 2.21 bits per heavy atom. The summed E-state index contributed by atoms with van der Waals surface area (Å²) in [5, 5.41) is 10.9. The van der Waals surface area contributed by atoms with Gasteiger partial charge < -0.3 is 13.9 Å². The molecule has 2 aromatic heterocycles. The Morgan fingerprint density at radius 2 is 1.54 bits per heavy atom. The zero-order valence-corrected chi connectivity index (χ0v) is 15.5. The van der Waals surface area contributed by atoms with E-state index in [-0.39, 0.29) is 5.69 Å². The first kappa shape index (κ1) is 17.6. The number of ether oxygens (including phenoxy) is 2. The fraction of sp³-hybridized carbons (Fsp3) is 0.0909. The van der Waals surface area contributed by atoms with Crippen LogP contribution in [0.1, 0.15) is 0 Å². The van der Waals surface area contributed by atoms with Crippen LogP contribution in [0, 0.1) is 10.1 Å². The van der Waals surface area contributed by atoms with E-state index in [2.05, 4.69) is 10.5 Å². The maximum absolute atomic E-state index is 10.9. The quantitative estimate of drug-likeness (QED) is 0.356. The van der Waals surface area contributed by atoms with Crippen molar-refractivity contribution < 1.29 is 14.4 Å². The summed E-state index contributed by atoms with van der Waals surface area (Å²) in [7, 11) is 3.23. The molecule has 0 bridgehead atoms. The van der Waals surface area contributed by atoms with Gasteiger partial charge in [-0.1, -0.05) is 12.1 Å². The Labute approximate surface area is 161 Å². The highest BCUT2D eigenvalue weighted by Gasteiger charge is 2.11. The second kappa shape index (κ2) is 7.08. The van der Waals surface area contributed by atoms with Crippen molar-refractivity contribution in [1.29, 1.82) is 0 Å². The Hall–Kier alpha value is -3.80. The summed E-state index contributed by atoms with van der Waals surface area (Å²) in [6.07, 6.45) is 2.05. The van der Waals surface area contributed by atoms with Crippen molar-refractivity contribution in [3.63, 3.8) is 0 Å². The van der Waals surface area contributed by atoms with E-state index in [1.54, 1.807) is 26.4 Å². The van der Waals surface area contributed by atoms with Crippen molar-refractivity contribution in [3.05, 3.63) is 83.0 Å². The summed E-state index contributed by atoms with van der Waals surface area (Å²) in [6, 6.07) is 20.5. The lowest BCUT2D eigenvalue weighted by atomic mass is 10.1. The molecule has 0 spiro atoms. The number of nitro benzene ring substituents is 1. The number of rotatable bonds is 5. The zero-order valence-electron chi connectivity index (χ0n) is 15.5. The largest absolute Gasteiger partial charge is 0.493 e. The third-order valence-corrected chi connectivity index (χ3v) is 4.72. The highest BCUT2D eigenvalue weighted by molar-refractivity contribution is 5.75. The van der Waals surface area contributed by atoms with Gasteiger partial charge in [-0.15, -0.1) is 0 Å². The number of nitrogens with zero attached hydrogens (tertiary/aromatic N) is 2. The summed E-state index contributed by atoms with van der Waals surface area (Å²) in [5.41, 5.74) is 5.02. The van der Waals surface area contributed by atoms with Crippen molar-refractivity contribution in [2.24, 2.45) is 0 Å². The molecule has 0 saturated heterocycles. The molecule has 0 fully saturated rings. The SMILES string of the molecule is COc1ccc(-c2cc3cccc(-c4ccc([N+](=O)[O-])cc4)n3c2)cc1OC. The van der Waals surface area contributed by atoms with Crippen molar-refractivity contribution in [1.82, 2.24) is 4.40 Å². The van der Waals surface area contributed by atoms with Crippen LogP contribution in [0.3, 0.4) is 0 Å². The van der Waals surface area contributed by atoms with Crippen molar-refractivity contribution in [2.45, 2.75) is 0 Å². The standard InChI is InChI=1S/C22H18N2O4/c1-27-21-11-8-16(13-22(21)28-2)17-12-19-4-3-5-20(23(19)14-17)15-6-9-18(10-7-15)24(25)26/h3-14H,1-2H3. The van der Waals surface area contributed by atoms with Gasteiger partial charge >= 0.3 is 0 Å². The van der Waals surface area contributed by atoms with Gasteiger partial charge in [-0.2, -0.15) is 0 Å². The van der Waals surface area contributed by atoms with Crippen LogP contribution < -0.4 is 9.47 Å². The molecular weight excluding hydrogens is 356 g/mol. The molecule has 2 heterocycles. The van der Waals surface area contributed by atoms with E-state index in [0.29, 0.717) is 11.5 Å². The fourth-order valence-corrected chi connectivity index (χ4v) is 3.30. The second-order valence-electron chi connectivity index (χ2n) is 6.31. The summed E-state index contributed by atoms with van der Waals surface area (Å²) >= 11 is 0. The predicted molar refractivity (Wildman–Crippen MR) is 108 cm³/mol. The third-order valence-electron chi connectivity index (χ3n) is 4.72. The minimum absolute atomic E-state index is 0.0782. The molecule has 4 rings (SSSR count). The molecule has 4 aromatic rings. The normalized spacial score (nSPS) is 10.8. The number of fused-ring (bicyclic) bond motifs is 1. The molecule has 0 unspecified atom stereocenters. The smallest absolute Gasteiger partial charge is 0.269 e. The van der Waals surface area contributed by atoms with Crippen molar-refractivity contribution >= 4 is 11.2 Å². The lowest BCUT2D eigenvalue weighted by Crippen LogP contribution is -1.91. The molecule has 0 atom stereocenters. The average Bonchev–Trinajstić information content (AvgIpc) is 3.17. The lowest BCUT2D eigenvalue weighted by Gasteiger charge is -2.08. The van der Waals surface area contributed by atoms with Crippen LogP contribution in [-0.4, -0.2) is 23.5 Å². The van der Waals surface area contributed by atoms with E-state index in [9.17, 15) is 10.1 Å². The van der Waals surface area contributed by atoms with Gasteiger partial charge in [0.05, 0.1) is 24.8 Å². The highest BCUT2D eigenvalue weighted by atomic mass is 16.6. The fourth-order valence-electron chi connectivity index (χ4n) is 3.30. The Morgan fingerprint density at radius 1 is 0.821 bits per heavy atom. The van der Waals surface area contributed by atoms with Gasteiger partial charge in [0.2, 0.25) is 0 Å². The summed E-state index contributed by atoms with van der Waals surface area (Å²) in [5.74, 6) is 1.35. The van der Waals surface area contributed by atoms with E-state index in [1.165, 1.54) is 12.1 Å². The molecule has 28 heavy (non-hydrogen) atoms. The van der Waals surface area contributed by atoms with Crippen LogP contribution >= 0.6 is 0 Å². The number of hydrogen-bond donors (Lipinski definition) is 0. The molecule has 6 heteroatoms. The van der Waals surface area contributed by atoms with Crippen LogP contribution in [-0.2, 0) is 0 Å². The average molecular weight is 374 g/mol. The van der Waals surface area contributed by atoms with Gasteiger partial charge in [-0.05, 0) is 53.6 Å². The van der Waals surface area contributed by atoms with E-state index < -0.39 is 4.92 Å².